The number of carbonyl (C=O) groups excluding carboxylic acids is 3. The Labute approximate surface area is 241 Å². The van der Waals surface area contributed by atoms with E-state index in [0.29, 0.717) is 55.1 Å². The van der Waals surface area contributed by atoms with E-state index in [2.05, 4.69) is 25.7 Å². The molecule has 0 spiro atoms. The van der Waals surface area contributed by atoms with Crippen molar-refractivity contribution in [1.29, 1.82) is 0 Å². The molecule has 3 aromatic heterocycles. The first-order valence-corrected chi connectivity index (χ1v) is 14.2. The fraction of sp³-hybridized carbons (Fsp3) is 0.407. The van der Waals surface area contributed by atoms with Gasteiger partial charge in [0.25, 0.3) is 5.91 Å². The number of methoxy groups -OCH3 is 1. The SMILES string of the molecule is CCc1nc(CN(C)C(=O)NCCCn2c(NC(=O)c3cc(C)nn3CC)nc3cc(C(N)=O)cc(OC)c32)cs1. The number of fused-ring (bicyclic) bond motifs is 1. The molecule has 4 N–H and O–H groups in total. The smallest absolute Gasteiger partial charge is 0.317 e. The number of nitrogens with one attached hydrogen (secondary N) is 2. The first-order valence-electron chi connectivity index (χ1n) is 13.3. The van der Waals surface area contributed by atoms with Crippen molar-refractivity contribution < 1.29 is 19.1 Å². The summed E-state index contributed by atoms with van der Waals surface area (Å²) in [6.07, 6.45) is 1.39. The highest BCUT2D eigenvalue weighted by atomic mass is 32.1. The van der Waals surface area contributed by atoms with E-state index >= 15 is 0 Å². The number of nitrogens with two attached hydrogens (primary N) is 1. The molecule has 0 fully saturated rings. The fourth-order valence-electron chi connectivity index (χ4n) is 4.44. The van der Waals surface area contributed by atoms with Gasteiger partial charge in [-0.2, -0.15) is 5.10 Å². The molecule has 4 rings (SSSR count). The van der Waals surface area contributed by atoms with Crippen LogP contribution in [-0.4, -0.2) is 67.8 Å². The third-order valence-electron chi connectivity index (χ3n) is 6.45. The van der Waals surface area contributed by atoms with Crippen molar-refractivity contribution >= 4 is 46.2 Å². The van der Waals surface area contributed by atoms with Crippen LogP contribution in [0.25, 0.3) is 11.0 Å². The van der Waals surface area contributed by atoms with E-state index in [0.717, 1.165) is 22.8 Å². The van der Waals surface area contributed by atoms with Gasteiger partial charge < -0.3 is 25.3 Å². The number of urea groups is 1. The monoisotopic (exact) mass is 581 g/mol. The van der Waals surface area contributed by atoms with E-state index in [9.17, 15) is 14.4 Å². The number of aryl methyl sites for hydroxylation is 4. The summed E-state index contributed by atoms with van der Waals surface area (Å²) < 4.78 is 8.98. The van der Waals surface area contributed by atoms with Gasteiger partial charge in [-0.25, -0.2) is 14.8 Å². The number of primary amides is 1. The molecule has 0 aliphatic rings. The van der Waals surface area contributed by atoms with Gasteiger partial charge in [-0.05, 0) is 44.9 Å². The lowest BCUT2D eigenvalue weighted by Crippen LogP contribution is -2.37. The number of imidazole rings is 1. The third-order valence-corrected chi connectivity index (χ3v) is 7.50. The zero-order valence-corrected chi connectivity index (χ0v) is 24.7. The molecule has 4 amide bonds. The second kappa shape index (κ2) is 12.8. The minimum atomic E-state index is -0.622. The van der Waals surface area contributed by atoms with Crippen LogP contribution in [0.2, 0.25) is 0 Å². The second-order valence-corrected chi connectivity index (χ2v) is 10.4. The summed E-state index contributed by atoms with van der Waals surface area (Å²) in [5, 5.41) is 13.2. The molecule has 41 heavy (non-hydrogen) atoms. The summed E-state index contributed by atoms with van der Waals surface area (Å²) in [4.78, 5) is 48.5. The number of amides is 4. The third kappa shape index (κ3) is 6.65. The molecule has 0 atom stereocenters. The minimum absolute atomic E-state index is 0.216. The van der Waals surface area contributed by atoms with Gasteiger partial charge >= 0.3 is 6.03 Å². The predicted octanol–water partition coefficient (Wildman–Crippen LogP) is 3.17. The Morgan fingerprint density at radius 3 is 2.61 bits per heavy atom. The van der Waals surface area contributed by atoms with Crippen LogP contribution in [0.3, 0.4) is 0 Å². The van der Waals surface area contributed by atoms with E-state index in [-0.39, 0.29) is 23.5 Å². The number of nitrogens with zero attached hydrogens (tertiary/aromatic N) is 6. The summed E-state index contributed by atoms with van der Waals surface area (Å²) in [5.41, 5.74) is 8.75. The molecule has 218 valence electrons. The molecule has 13 nitrogen and oxygen atoms in total. The number of aromatic nitrogens is 5. The lowest BCUT2D eigenvalue weighted by molar-refractivity contribution is 0.0995. The van der Waals surface area contributed by atoms with Gasteiger partial charge in [-0.1, -0.05) is 6.92 Å². The van der Waals surface area contributed by atoms with Crippen molar-refractivity contribution in [2.75, 3.05) is 26.0 Å². The Hall–Kier alpha value is -4.46. The van der Waals surface area contributed by atoms with Crippen molar-refractivity contribution in [3.05, 3.63) is 51.2 Å². The molecule has 0 saturated heterocycles. The van der Waals surface area contributed by atoms with E-state index in [1.165, 1.54) is 7.11 Å². The Morgan fingerprint density at radius 1 is 1.17 bits per heavy atom. The number of ether oxygens (including phenoxy) is 1. The maximum absolute atomic E-state index is 13.2. The van der Waals surface area contributed by atoms with E-state index in [4.69, 9.17) is 10.5 Å². The van der Waals surface area contributed by atoms with E-state index < -0.39 is 5.91 Å². The number of anilines is 1. The number of carbonyl (C=O) groups is 3. The molecule has 0 saturated carbocycles. The van der Waals surface area contributed by atoms with Crippen molar-refractivity contribution in [3.63, 3.8) is 0 Å². The first-order chi connectivity index (χ1) is 19.6. The molecule has 4 aromatic rings. The van der Waals surface area contributed by atoms with Crippen LogP contribution >= 0.6 is 11.3 Å². The number of rotatable bonds is 12. The maximum Gasteiger partial charge on any atom is 0.317 e. The highest BCUT2D eigenvalue weighted by Gasteiger charge is 2.21. The van der Waals surface area contributed by atoms with Gasteiger partial charge in [-0.15, -0.1) is 11.3 Å². The molecule has 3 heterocycles. The number of hydrogen-bond acceptors (Lipinski definition) is 8. The largest absolute Gasteiger partial charge is 0.494 e. The summed E-state index contributed by atoms with van der Waals surface area (Å²) in [6, 6.07) is 4.60. The molecule has 0 aliphatic heterocycles. The van der Waals surface area contributed by atoms with Crippen LogP contribution in [0.5, 0.6) is 5.75 Å². The summed E-state index contributed by atoms with van der Waals surface area (Å²) in [6.45, 7) is 7.47. The molecule has 0 bridgehead atoms. The van der Waals surface area contributed by atoms with Crippen molar-refractivity contribution in [2.24, 2.45) is 5.73 Å². The van der Waals surface area contributed by atoms with Gasteiger partial charge in [0.1, 0.15) is 17.0 Å². The standard InChI is InChI=1S/C27H35N9O4S/c1-6-22-30-18(15-41-22)14-34(4)27(39)29-9-8-10-35-23-19(12-17(24(28)37)13-21(23)40-5)31-26(35)32-25(38)20-11-16(3)33-36(20)7-2/h11-13,15H,6-10,14H2,1-5H3,(H2,28,37)(H,29,39)(H,31,32,38). The van der Waals surface area contributed by atoms with Gasteiger partial charge in [0.05, 0.1) is 35.6 Å². The zero-order valence-electron chi connectivity index (χ0n) is 23.9. The first kappa shape index (κ1) is 29.5. The molecule has 0 aliphatic carbocycles. The maximum atomic E-state index is 13.2. The topological polar surface area (TPSA) is 162 Å². The summed E-state index contributed by atoms with van der Waals surface area (Å²) in [5.74, 6) is -0.341. The molecule has 14 heteroatoms. The Morgan fingerprint density at radius 2 is 1.95 bits per heavy atom. The molecule has 1 aromatic carbocycles. The molecule has 0 radical (unpaired) electrons. The van der Waals surface area contributed by atoms with E-state index in [1.807, 2.05) is 26.2 Å². The van der Waals surface area contributed by atoms with Gasteiger partial charge in [-0.3, -0.25) is 19.6 Å². The number of thiazole rings is 1. The highest BCUT2D eigenvalue weighted by molar-refractivity contribution is 7.09. The summed E-state index contributed by atoms with van der Waals surface area (Å²) in [7, 11) is 3.21. The van der Waals surface area contributed by atoms with Crippen molar-refractivity contribution in [2.45, 2.75) is 53.2 Å². The number of hydrogen-bond donors (Lipinski definition) is 3. The lowest BCUT2D eigenvalue weighted by Gasteiger charge is -2.17. The van der Waals surface area contributed by atoms with Crippen LogP contribution in [0, 0.1) is 6.92 Å². The minimum Gasteiger partial charge on any atom is -0.494 e. The Kier molecular flexibility index (Phi) is 9.22. The van der Waals surface area contributed by atoms with Gasteiger partial charge in [0, 0.05) is 37.6 Å². The average Bonchev–Trinajstić information content (AvgIpc) is 3.66. The van der Waals surface area contributed by atoms with Crippen LogP contribution in [-0.2, 0) is 26.1 Å². The lowest BCUT2D eigenvalue weighted by atomic mass is 10.1. The number of benzene rings is 1. The Balaban J connectivity index is 1.53. The normalized spacial score (nSPS) is 11.0. The average molecular weight is 582 g/mol. The fourth-order valence-corrected chi connectivity index (χ4v) is 5.18. The Bertz CT molecular complexity index is 1570. The van der Waals surface area contributed by atoms with Gasteiger partial charge in [0.2, 0.25) is 11.9 Å². The summed E-state index contributed by atoms with van der Waals surface area (Å²) >= 11 is 1.59. The molecular weight excluding hydrogens is 546 g/mol. The molecular formula is C27H35N9O4S. The molecule has 0 unspecified atom stereocenters. The predicted molar refractivity (Wildman–Crippen MR) is 156 cm³/mol. The van der Waals surface area contributed by atoms with Crippen LogP contribution in [0.1, 0.15) is 57.5 Å². The van der Waals surface area contributed by atoms with Crippen LogP contribution < -0.4 is 21.1 Å². The highest BCUT2D eigenvalue weighted by Crippen LogP contribution is 2.31. The van der Waals surface area contributed by atoms with Crippen molar-refractivity contribution in [1.82, 2.24) is 34.5 Å². The second-order valence-electron chi connectivity index (χ2n) is 9.47. The van der Waals surface area contributed by atoms with Gasteiger partial charge in [0.15, 0.2) is 0 Å². The van der Waals surface area contributed by atoms with Crippen LogP contribution in [0.15, 0.2) is 23.6 Å². The quantitative estimate of drug-likeness (QED) is 0.216. The van der Waals surface area contributed by atoms with Crippen molar-refractivity contribution in [3.8, 4) is 5.75 Å². The van der Waals surface area contributed by atoms with E-state index in [1.54, 1.807) is 50.7 Å². The van der Waals surface area contributed by atoms with Crippen LogP contribution in [0.4, 0.5) is 10.7 Å². The zero-order chi connectivity index (χ0) is 29.7.